The van der Waals surface area contributed by atoms with Crippen molar-refractivity contribution < 1.29 is 4.74 Å². The Hall–Kier alpha value is -1.36. The van der Waals surface area contributed by atoms with Crippen molar-refractivity contribution in [1.82, 2.24) is 9.97 Å². The average Bonchev–Trinajstić information content (AvgIpc) is 3.13. The topological polar surface area (TPSA) is 73.1 Å². The Kier molecular flexibility index (Phi) is 4.01. The van der Waals surface area contributed by atoms with E-state index in [1.54, 1.807) is 0 Å². The van der Waals surface area contributed by atoms with Gasteiger partial charge in [-0.1, -0.05) is 0 Å². The zero-order valence-corrected chi connectivity index (χ0v) is 11.4. The van der Waals surface area contributed by atoms with E-state index in [0.29, 0.717) is 18.3 Å². The molecule has 1 heterocycles. The van der Waals surface area contributed by atoms with Gasteiger partial charge in [-0.15, -0.1) is 0 Å². The summed E-state index contributed by atoms with van der Waals surface area (Å²) in [6.45, 7) is 7.40. The number of nitrogen functional groups attached to an aromatic ring is 1. The van der Waals surface area contributed by atoms with E-state index in [1.807, 2.05) is 20.8 Å². The molecular weight excluding hydrogens is 228 g/mol. The van der Waals surface area contributed by atoms with Gasteiger partial charge >= 0.3 is 0 Å². The van der Waals surface area contributed by atoms with Crippen molar-refractivity contribution in [1.29, 1.82) is 0 Å². The van der Waals surface area contributed by atoms with Gasteiger partial charge in [-0.25, -0.2) is 9.97 Å². The number of hydrogen-bond acceptors (Lipinski definition) is 5. The lowest BCUT2D eigenvalue weighted by molar-refractivity contribution is 0.0870. The van der Waals surface area contributed by atoms with Crippen molar-refractivity contribution in [3.8, 4) is 0 Å². The van der Waals surface area contributed by atoms with Crippen LogP contribution in [-0.4, -0.2) is 29.2 Å². The average molecular weight is 250 g/mol. The third-order valence-corrected chi connectivity index (χ3v) is 2.99. The molecule has 100 valence electrons. The van der Waals surface area contributed by atoms with Gasteiger partial charge in [-0.05, 0) is 33.6 Å². The SMILES string of the molecule is Cc1c(N)nc(C2CC2)nc1NCCOC(C)C. The summed E-state index contributed by atoms with van der Waals surface area (Å²) in [5.74, 6) is 2.82. The van der Waals surface area contributed by atoms with Gasteiger partial charge in [0.2, 0.25) is 0 Å². The van der Waals surface area contributed by atoms with Crippen LogP contribution in [0.4, 0.5) is 11.6 Å². The lowest BCUT2D eigenvalue weighted by Crippen LogP contribution is -2.16. The molecule has 1 aromatic heterocycles. The number of aromatic nitrogens is 2. The quantitative estimate of drug-likeness (QED) is 0.756. The molecule has 0 aromatic carbocycles. The van der Waals surface area contributed by atoms with Crippen molar-refractivity contribution in [3.63, 3.8) is 0 Å². The maximum Gasteiger partial charge on any atom is 0.136 e. The normalized spacial score (nSPS) is 15.1. The molecule has 0 unspecified atom stereocenters. The van der Waals surface area contributed by atoms with Gasteiger partial charge in [0, 0.05) is 18.0 Å². The van der Waals surface area contributed by atoms with E-state index in [9.17, 15) is 0 Å². The first kappa shape index (κ1) is 13.1. The highest BCUT2D eigenvalue weighted by molar-refractivity contribution is 5.55. The summed E-state index contributed by atoms with van der Waals surface area (Å²) in [6.07, 6.45) is 2.61. The fraction of sp³-hybridized carbons (Fsp3) is 0.692. The summed E-state index contributed by atoms with van der Waals surface area (Å²) < 4.78 is 5.49. The van der Waals surface area contributed by atoms with Gasteiger partial charge in [-0.2, -0.15) is 0 Å². The van der Waals surface area contributed by atoms with Crippen molar-refractivity contribution in [2.75, 3.05) is 24.2 Å². The lowest BCUT2D eigenvalue weighted by Gasteiger charge is -2.13. The monoisotopic (exact) mass is 250 g/mol. The number of hydrogen-bond donors (Lipinski definition) is 2. The van der Waals surface area contributed by atoms with Crippen LogP contribution in [0, 0.1) is 6.92 Å². The van der Waals surface area contributed by atoms with E-state index in [2.05, 4.69) is 15.3 Å². The van der Waals surface area contributed by atoms with Crippen LogP contribution < -0.4 is 11.1 Å². The predicted molar refractivity (Wildman–Crippen MR) is 72.7 cm³/mol. The third-order valence-electron chi connectivity index (χ3n) is 2.99. The molecule has 1 aliphatic rings. The highest BCUT2D eigenvalue weighted by Gasteiger charge is 2.27. The van der Waals surface area contributed by atoms with Crippen LogP contribution in [0.2, 0.25) is 0 Å². The highest BCUT2D eigenvalue weighted by atomic mass is 16.5. The Bertz CT molecular complexity index is 416. The molecule has 0 aliphatic heterocycles. The summed E-state index contributed by atoms with van der Waals surface area (Å²) in [5.41, 5.74) is 6.84. The molecule has 0 saturated heterocycles. The molecule has 0 bridgehead atoms. The molecule has 18 heavy (non-hydrogen) atoms. The minimum Gasteiger partial charge on any atom is -0.383 e. The zero-order chi connectivity index (χ0) is 13.1. The van der Waals surface area contributed by atoms with Crippen LogP contribution in [0.25, 0.3) is 0 Å². The molecule has 0 radical (unpaired) electrons. The number of rotatable bonds is 6. The second-order valence-corrected chi connectivity index (χ2v) is 5.06. The molecule has 2 rings (SSSR count). The second-order valence-electron chi connectivity index (χ2n) is 5.06. The second kappa shape index (κ2) is 5.52. The standard InChI is InChI=1S/C13H22N4O/c1-8(2)18-7-6-15-12-9(3)11(14)16-13(17-12)10-4-5-10/h8,10H,4-7H2,1-3H3,(H3,14,15,16,17). The Morgan fingerprint density at radius 2 is 2.11 bits per heavy atom. The fourth-order valence-electron chi connectivity index (χ4n) is 1.71. The van der Waals surface area contributed by atoms with E-state index in [4.69, 9.17) is 10.5 Å². The van der Waals surface area contributed by atoms with Crippen LogP contribution in [0.15, 0.2) is 0 Å². The van der Waals surface area contributed by atoms with E-state index < -0.39 is 0 Å². The summed E-state index contributed by atoms with van der Waals surface area (Å²) in [5, 5.41) is 3.28. The number of anilines is 2. The van der Waals surface area contributed by atoms with Crippen LogP contribution in [0.3, 0.4) is 0 Å². The van der Waals surface area contributed by atoms with E-state index in [-0.39, 0.29) is 6.10 Å². The summed E-state index contributed by atoms with van der Waals surface area (Å²) in [7, 11) is 0. The summed E-state index contributed by atoms with van der Waals surface area (Å²) >= 11 is 0. The van der Waals surface area contributed by atoms with Gasteiger partial charge in [0.1, 0.15) is 17.5 Å². The smallest absolute Gasteiger partial charge is 0.136 e. The zero-order valence-electron chi connectivity index (χ0n) is 11.4. The predicted octanol–water partition coefficient (Wildman–Crippen LogP) is 2.08. The van der Waals surface area contributed by atoms with Gasteiger partial charge in [0.15, 0.2) is 0 Å². The van der Waals surface area contributed by atoms with Crippen LogP contribution >= 0.6 is 0 Å². The first-order chi connectivity index (χ1) is 8.58. The molecule has 1 aromatic rings. The third kappa shape index (κ3) is 3.32. The first-order valence-corrected chi connectivity index (χ1v) is 6.57. The fourth-order valence-corrected chi connectivity index (χ4v) is 1.71. The molecule has 0 atom stereocenters. The van der Waals surface area contributed by atoms with Gasteiger partial charge in [0.25, 0.3) is 0 Å². The number of nitrogens with two attached hydrogens (primary N) is 1. The molecule has 0 spiro atoms. The van der Waals surface area contributed by atoms with E-state index in [1.165, 1.54) is 12.8 Å². The summed E-state index contributed by atoms with van der Waals surface area (Å²) in [6, 6.07) is 0. The van der Waals surface area contributed by atoms with Gasteiger partial charge in [0.05, 0.1) is 12.7 Å². The van der Waals surface area contributed by atoms with Crippen molar-refractivity contribution in [2.45, 2.75) is 45.6 Å². The molecule has 1 fully saturated rings. The molecule has 1 saturated carbocycles. The van der Waals surface area contributed by atoms with Crippen LogP contribution in [0.1, 0.15) is 44.0 Å². The van der Waals surface area contributed by atoms with Gasteiger partial charge < -0.3 is 15.8 Å². The van der Waals surface area contributed by atoms with Crippen molar-refractivity contribution in [3.05, 3.63) is 11.4 Å². The minimum atomic E-state index is 0.255. The molecule has 5 heteroatoms. The van der Waals surface area contributed by atoms with Crippen molar-refractivity contribution in [2.24, 2.45) is 0 Å². The molecule has 5 nitrogen and oxygen atoms in total. The van der Waals surface area contributed by atoms with E-state index >= 15 is 0 Å². The highest BCUT2D eigenvalue weighted by Crippen LogP contribution is 2.39. The van der Waals surface area contributed by atoms with Crippen molar-refractivity contribution >= 4 is 11.6 Å². The Balaban J connectivity index is 1.97. The summed E-state index contributed by atoms with van der Waals surface area (Å²) in [4.78, 5) is 8.90. The minimum absolute atomic E-state index is 0.255. The Morgan fingerprint density at radius 3 is 2.72 bits per heavy atom. The largest absolute Gasteiger partial charge is 0.383 e. The first-order valence-electron chi connectivity index (χ1n) is 6.57. The van der Waals surface area contributed by atoms with Gasteiger partial charge in [-0.3, -0.25) is 0 Å². The Morgan fingerprint density at radius 1 is 1.39 bits per heavy atom. The lowest BCUT2D eigenvalue weighted by atomic mass is 10.3. The molecule has 0 amide bonds. The van der Waals surface area contributed by atoms with Crippen LogP contribution in [0.5, 0.6) is 0 Å². The Labute approximate surface area is 108 Å². The van der Waals surface area contributed by atoms with E-state index in [0.717, 1.165) is 23.8 Å². The maximum atomic E-state index is 5.92. The number of nitrogens with zero attached hydrogens (tertiary/aromatic N) is 2. The molecule has 1 aliphatic carbocycles. The number of nitrogens with one attached hydrogen (secondary N) is 1. The number of ether oxygens (including phenoxy) is 1. The molecule has 3 N–H and O–H groups in total. The molecular formula is C13H22N4O. The van der Waals surface area contributed by atoms with Crippen LogP contribution in [-0.2, 0) is 4.74 Å². The maximum absolute atomic E-state index is 5.92.